The zero-order valence-electron chi connectivity index (χ0n) is 9.86. The zero-order valence-corrected chi connectivity index (χ0v) is 9.86. The van der Waals surface area contributed by atoms with Gasteiger partial charge in [0.15, 0.2) is 0 Å². The van der Waals surface area contributed by atoms with E-state index in [4.69, 9.17) is 0 Å². The van der Waals surface area contributed by atoms with E-state index in [0.29, 0.717) is 0 Å². The number of likely N-dealkylation sites (tertiary alicyclic amines) is 1. The maximum absolute atomic E-state index is 3.88. The van der Waals surface area contributed by atoms with E-state index in [1.807, 2.05) is 4.90 Å². The zero-order chi connectivity index (χ0) is 10.2. The van der Waals surface area contributed by atoms with E-state index in [-0.39, 0.29) is 0 Å². The van der Waals surface area contributed by atoms with E-state index < -0.39 is 0 Å². The Balaban J connectivity index is 1.99. The molecule has 0 aromatic carbocycles. The minimum absolute atomic E-state index is 0.927. The Hall–Kier alpha value is -0.0800. The van der Waals surface area contributed by atoms with E-state index >= 15 is 0 Å². The summed E-state index contributed by atoms with van der Waals surface area (Å²) in [7, 11) is 0. The highest BCUT2D eigenvalue weighted by molar-refractivity contribution is 4.55. The first-order valence-electron chi connectivity index (χ1n) is 6.48. The van der Waals surface area contributed by atoms with Crippen molar-refractivity contribution in [3.8, 4) is 0 Å². The first-order valence-corrected chi connectivity index (χ1v) is 6.48. The van der Waals surface area contributed by atoms with Gasteiger partial charge in [0.1, 0.15) is 0 Å². The molecule has 4 N–H and O–H groups in total. The van der Waals surface area contributed by atoms with E-state index in [1.165, 1.54) is 58.0 Å². The molecule has 1 aliphatic rings. The molecular weight excluding hydrogens is 172 g/mol. The predicted molar refractivity (Wildman–Crippen MR) is 60.2 cm³/mol. The second-order valence-electron chi connectivity index (χ2n) is 4.82. The Morgan fingerprint density at radius 3 is 2.64 bits per heavy atom. The Bertz CT molecular complexity index is 136. The molecule has 2 heteroatoms. The third-order valence-corrected chi connectivity index (χ3v) is 3.58. The Kier molecular flexibility index (Phi) is 6.20. The maximum atomic E-state index is 3.88. The molecule has 0 aliphatic carbocycles. The van der Waals surface area contributed by atoms with Crippen molar-refractivity contribution in [1.29, 1.82) is 0 Å². The first-order chi connectivity index (χ1) is 6.84. The van der Waals surface area contributed by atoms with Crippen molar-refractivity contribution in [2.45, 2.75) is 57.9 Å². The van der Waals surface area contributed by atoms with Gasteiger partial charge < -0.3 is 10.6 Å². The lowest BCUT2D eigenvalue weighted by Crippen LogP contribution is -3.16. The van der Waals surface area contributed by atoms with Crippen LogP contribution in [0.4, 0.5) is 0 Å². The van der Waals surface area contributed by atoms with Gasteiger partial charge >= 0.3 is 0 Å². The summed E-state index contributed by atoms with van der Waals surface area (Å²) in [6, 6.07) is 0.927. The number of rotatable bonds is 6. The highest BCUT2D eigenvalue weighted by Gasteiger charge is 2.20. The molecule has 2 atom stereocenters. The number of hydrogen-bond acceptors (Lipinski definition) is 0. The monoisotopic (exact) mass is 200 g/mol. The van der Waals surface area contributed by atoms with Crippen LogP contribution in [0.2, 0.25) is 0 Å². The molecule has 0 spiro atoms. The molecule has 1 rings (SSSR count). The number of piperidine rings is 1. The van der Waals surface area contributed by atoms with Crippen molar-refractivity contribution in [3.05, 3.63) is 0 Å². The summed E-state index contributed by atoms with van der Waals surface area (Å²) in [4.78, 5) is 1.87. The van der Waals surface area contributed by atoms with Crippen LogP contribution in [-0.2, 0) is 0 Å². The first kappa shape index (κ1) is 12.0. The summed E-state index contributed by atoms with van der Waals surface area (Å²) < 4.78 is 0. The van der Waals surface area contributed by atoms with E-state index in [2.05, 4.69) is 12.7 Å². The van der Waals surface area contributed by atoms with Gasteiger partial charge in [0, 0.05) is 0 Å². The SMILES string of the molecule is C[C@@H]1CCCC[NH+]1CCCCCC[NH3+]. The van der Waals surface area contributed by atoms with Gasteiger partial charge in [-0.1, -0.05) is 0 Å². The Labute approximate surface area is 88.8 Å². The third kappa shape index (κ3) is 4.43. The summed E-state index contributed by atoms with van der Waals surface area (Å²) >= 11 is 0. The lowest BCUT2D eigenvalue weighted by Gasteiger charge is -2.30. The molecule has 0 amide bonds. The summed E-state index contributed by atoms with van der Waals surface area (Å²) in [5, 5.41) is 0. The van der Waals surface area contributed by atoms with Crippen molar-refractivity contribution < 1.29 is 10.6 Å². The van der Waals surface area contributed by atoms with Crippen LogP contribution in [-0.4, -0.2) is 25.7 Å². The van der Waals surface area contributed by atoms with Gasteiger partial charge in [0.2, 0.25) is 0 Å². The van der Waals surface area contributed by atoms with Gasteiger partial charge in [-0.2, -0.15) is 0 Å². The predicted octanol–water partition coefficient (Wildman–Crippen LogP) is 0.246. The summed E-state index contributed by atoms with van der Waals surface area (Å²) in [5.74, 6) is 0. The average Bonchev–Trinajstić information content (AvgIpc) is 2.20. The fraction of sp³-hybridized carbons (Fsp3) is 1.00. The molecular formula is C12H28N2+2. The maximum Gasteiger partial charge on any atom is 0.0846 e. The molecule has 84 valence electrons. The fourth-order valence-corrected chi connectivity index (χ4v) is 2.51. The summed E-state index contributed by atoms with van der Waals surface area (Å²) in [5.41, 5.74) is 3.88. The second kappa shape index (κ2) is 7.24. The number of unbranched alkanes of at least 4 members (excludes halogenated alkanes) is 3. The molecule has 1 aliphatic heterocycles. The van der Waals surface area contributed by atoms with Gasteiger partial charge in [-0.05, 0) is 51.9 Å². The van der Waals surface area contributed by atoms with Crippen LogP contribution >= 0.6 is 0 Å². The molecule has 1 unspecified atom stereocenters. The van der Waals surface area contributed by atoms with Gasteiger partial charge in [-0.3, -0.25) is 0 Å². The van der Waals surface area contributed by atoms with Crippen LogP contribution in [0.5, 0.6) is 0 Å². The van der Waals surface area contributed by atoms with Crippen LogP contribution in [0.1, 0.15) is 51.9 Å². The second-order valence-corrected chi connectivity index (χ2v) is 4.82. The van der Waals surface area contributed by atoms with Crippen molar-refractivity contribution >= 4 is 0 Å². The molecule has 1 saturated heterocycles. The van der Waals surface area contributed by atoms with Gasteiger partial charge in [0.05, 0.1) is 25.7 Å². The van der Waals surface area contributed by atoms with E-state index in [9.17, 15) is 0 Å². The molecule has 14 heavy (non-hydrogen) atoms. The van der Waals surface area contributed by atoms with Gasteiger partial charge in [-0.25, -0.2) is 0 Å². The van der Waals surface area contributed by atoms with E-state index in [1.54, 1.807) is 0 Å². The largest absolute Gasteiger partial charge is 0.358 e. The Morgan fingerprint density at radius 1 is 1.14 bits per heavy atom. The molecule has 1 heterocycles. The quantitative estimate of drug-likeness (QED) is 0.576. The van der Waals surface area contributed by atoms with Crippen LogP contribution in [0.3, 0.4) is 0 Å². The van der Waals surface area contributed by atoms with Crippen LogP contribution in [0, 0.1) is 0 Å². The third-order valence-electron chi connectivity index (χ3n) is 3.58. The lowest BCUT2D eigenvalue weighted by atomic mass is 10.0. The van der Waals surface area contributed by atoms with Gasteiger partial charge in [-0.15, -0.1) is 0 Å². The minimum Gasteiger partial charge on any atom is -0.358 e. The molecule has 1 fully saturated rings. The smallest absolute Gasteiger partial charge is 0.0846 e. The molecule has 0 radical (unpaired) electrons. The highest BCUT2D eigenvalue weighted by Crippen LogP contribution is 2.02. The Morgan fingerprint density at radius 2 is 1.93 bits per heavy atom. The van der Waals surface area contributed by atoms with Crippen molar-refractivity contribution in [2.24, 2.45) is 0 Å². The lowest BCUT2D eigenvalue weighted by molar-refractivity contribution is -0.928. The van der Waals surface area contributed by atoms with Crippen molar-refractivity contribution in [3.63, 3.8) is 0 Å². The average molecular weight is 200 g/mol. The molecule has 0 aromatic heterocycles. The van der Waals surface area contributed by atoms with Crippen LogP contribution in [0.25, 0.3) is 0 Å². The van der Waals surface area contributed by atoms with Gasteiger partial charge in [0.25, 0.3) is 0 Å². The van der Waals surface area contributed by atoms with Crippen LogP contribution in [0.15, 0.2) is 0 Å². The minimum atomic E-state index is 0.927. The molecule has 2 nitrogen and oxygen atoms in total. The molecule has 0 bridgehead atoms. The summed E-state index contributed by atoms with van der Waals surface area (Å²) in [6.07, 6.45) is 9.94. The fourth-order valence-electron chi connectivity index (χ4n) is 2.51. The molecule has 0 saturated carbocycles. The van der Waals surface area contributed by atoms with Crippen molar-refractivity contribution in [1.82, 2.24) is 0 Å². The van der Waals surface area contributed by atoms with E-state index in [0.717, 1.165) is 12.6 Å². The number of quaternary nitrogens is 2. The molecule has 0 aromatic rings. The van der Waals surface area contributed by atoms with Crippen molar-refractivity contribution in [2.75, 3.05) is 19.6 Å². The summed E-state index contributed by atoms with van der Waals surface area (Å²) in [6.45, 7) is 6.38. The normalized spacial score (nSPS) is 27.9. The topological polar surface area (TPSA) is 32.1 Å². The standard InChI is InChI=1S/C12H26N2/c1-12-8-4-7-11-14(12)10-6-3-2-5-9-13/h12H,2-11,13H2,1H3/p+2/t12-/m1/s1. The number of nitrogens with one attached hydrogen (secondary N) is 1. The highest BCUT2D eigenvalue weighted by atomic mass is 15.1. The van der Waals surface area contributed by atoms with Crippen LogP contribution < -0.4 is 10.6 Å². The number of hydrogen-bond donors (Lipinski definition) is 2.